The molecule has 528 valence electrons. The number of nitrogens with zero attached hydrogens (tertiary/aromatic N) is 9. The molecule has 13 rings (SSSR count). The van der Waals surface area contributed by atoms with Crippen LogP contribution in [0, 0.1) is 41.5 Å². The molecule has 6 aromatic carbocycles. The number of hydrogen-bond acceptors (Lipinski definition) is 17. The molecule has 0 saturated heterocycles. The van der Waals surface area contributed by atoms with Crippen LogP contribution in [0.25, 0.3) is 76.7 Å². The number of fused-ring (bicyclic) bond motifs is 3. The van der Waals surface area contributed by atoms with Crippen molar-refractivity contribution in [1.29, 1.82) is 0 Å². The minimum absolute atomic E-state index is 0. The second kappa shape index (κ2) is 36.6. The molecule has 7 heterocycles. The number of benzene rings is 6. The van der Waals surface area contributed by atoms with E-state index in [1.165, 1.54) is 11.3 Å². The van der Waals surface area contributed by atoms with Crippen molar-refractivity contribution in [3.63, 3.8) is 0 Å². The number of rotatable bonds is 12. The second-order valence-corrected chi connectivity index (χ2v) is 24.9. The highest BCUT2D eigenvalue weighted by molar-refractivity contribution is 7.80. The number of aliphatic hydroxyl groups excluding tert-OH is 1. The molecule has 7 aromatic heterocycles. The monoisotopic (exact) mass is 1430 g/mol. The molecule has 0 unspecified atom stereocenters. The van der Waals surface area contributed by atoms with Gasteiger partial charge in [-0.3, -0.25) is 44.4 Å². The second-order valence-electron chi connectivity index (χ2n) is 23.3. The van der Waals surface area contributed by atoms with Crippen LogP contribution in [0.2, 0.25) is 0 Å². The van der Waals surface area contributed by atoms with Crippen molar-refractivity contribution < 1.29 is 16.1 Å². The van der Waals surface area contributed by atoms with Gasteiger partial charge in [0, 0.05) is 126 Å². The Kier molecular flexibility index (Phi) is 27.9. The number of nitrogens with two attached hydrogens (primary N) is 1. The highest BCUT2D eigenvalue weighted by Crippen LogP contribution is 2.33. The molecular formula is C80H84N14O6S3. The van der Waals surface area contributed by atoms with Gasteiger partial charge in [0.2, 0.25) is 5.13 Å². The first-order valence-electron chi connectivity index (χ1n) is 31.9. The van der Waals surface area contributed by atoms with Gasteiger partial charge in [-0.05, 0) is 191 Å². The van der Waals surface area contributed by atoms with Crippen molar-refractivity contribution in [2.75, 3.05) is 23.8 Å². The largest absolute Gasteiger partial charge is 0.397 e. The molecule has 0 fully saturated rings. The van der Waals surface area contributed by atoms with E-state index in [2.05, 4.69) is 63.5 Å². The molecule has 0 saturated carbocycles. The van der Waals surface area contributed by atoms with E-state index in [1.807, 2.05) is 199 Å². The molecule has 20 nitrogen and oxygen atoms in total. The first-order chi connectivity index (χ1) is 48.6. The molecule has 0 aliphatic carbocycles. The predicted molar refractivity (Wildman–Crippen MR) is 430 cm³/mol. The van der Waals surface area contributed by atoms with E-state index in [1.54, 1.807) is 90.6 Å². The summed E-state index contributed by atoms with van der Waals surface area (Å²) in [4.78, 5) is 79.3. The molecule has 7 N–H and O–H groups in total. The number of nitrogens with one attached hydrogen (secondary N) is 4. The van der Waals surface area contributed by atoms with Crippen molar-refractivity contribution in [3.05, 3.63) is 277 Å². The van der Waals surface area contributed by atoms with Gasteiger partial charge in [0.25, 0.3) is 22.6 Å². The molecule has 0 atom stereocenters. The van der Waals surface area contributed by atoms with E-state index < -0.39 is 0 Å². The SMILES string of the molecule is C.C.CCO.Cc1cc2c(cn1)cc(-c1cc(N=C=S)ccc1C)c(=O)n2C.Cc1cc2c(cn1)cc(-c1cc(NC(=S)NCC(=O)c3ccccc3)ccc1C)c(=O)n2C.Cc1cc2c(cn1)cc(-c1cc(Nc3nnc(-c4ccccc4)s3)ccc1C)c(=O)n2C.NNC(=O)c1ccccc1.[HH]. The van der Waals surface area contributed by atoms with Gasteiger partial charge in [-0.2, -0.15) is 4.99 Å². The van der Waals surface area contributed by atoms with E-state index in [0.29, 0.717) is 43.7 Å². The highest BCUT2D eigenvalue weighted by Gasteiger charge is 2.18. The van der Waals surface area contributed by atoms with Crippen LogP contribution < -0.4 is 43.9 Å². The van der Waals surface area contributed by atoms with Crippen LogP contribution in [0.4, 0.5) is 22.2 Å². The zero-order valence-electron chi connectivity index (χ0n) is 57.3. The summed E-state index contributed by atoms with van der Waals surface area (Å²) >= 11 is 11.5. The Morgan fingerprint density at radius 2 is 0.961 bits per heavy atom. The normalized spacial score (nSPS) is 10.3. The molecule has 0 spiro atoms. The number of nitrogen functional groups attached to an aromatic ring is 1. The van der Waals surface area contributed by atoms with E-state index >= 15 is 0 Å². The summed E-state index contributed by atoms with van der Waals surface area (Å²) in [6.07, 6.45) is 5.40. The summed E-state index contributed by atoms with van der Waals surface area (Å²) in [5.41, 5.74) is 19.0. The summed E-state index contributed by atoms with van der Waals surface area (Å²) in [7, 11) is 5.35. The van der Waals surface area contributed by atoms with Crippen molar-refractivity contribution in [2.24, 2.45) is 32.0 Å². The smallest absolute Gasteiger partial charge is 0.265 e. The molecule has 103 heavy (non-hydrogen) atoms. The Morgan fingerprint density at radius 3 is 1.41 bits per heavy atom. The van der Waals surface area contributed by atoms with Crippen LogP contribution in [0.1, 0.15) is 77.7 Å². The number of Topliss-reactive ketones (excluding diaryl/α,β-unsaturated/α-hetero) is 1. The summed E-state index contributed by atoms with van der Waals surface area (Å²) < 4.78 is 5.00. The summed E-state index contributed by atoms with van der Waals surface area (Å²) in [6.45, 7) is 13.7. The molecule has 1 amide bonds. The molecule has 23 heteroatoms. The third kappa shape index (κ3) is 19.7. The zero-order chi connectivity index (χ0) is 72.4. The minimum atomic E-state index is -0.263. The summed E-state index contributed by atoms with van der Waals surface area (Å²) in [6, 6.07) is 56.6. The van der Waals surface area contributed by atoms with Crippen LogP contribution in [-0.2, 0) is 21.1 Å². The van der Waals surface area contributed by atoms with Gasteiger partial charge < -0.3 is 34.8 Å². The van der Waals surface area contributed by atoms with Crippen LogP contribution in [0.15, 0.2) is 220 Å². The Labute approximate surface area is 614 Å². The minimum Gasteiger partial charge on any atom is -0.397 e. The average molecular weight is 1430 g/mol. The quantitative estimate of drug-likeness (QED) is 0.0166. The molecule has 0 radical (unpaired) electrons. The van der Waals surface area contributed by atoms with Gasteiger partial charge in [-0.15, -0.1) is 10.2 Å². The van der Waals surface area contributed by atoms with Crippen molar-refractivity contribution in [1.82, 2.24) is 49.6 Å². The van der Waals surface area contributed by atoms with E-state index in [9.17, 15) is 24.0 Å². The molecular weight excluding hydrogens is 1350 g/mol. The molecule has 0 aliphatic rings. The van der Waals surface area contributed by atoms with Gasteiger partial charge >= 0.3 is 0 Å². The standard InChI is InChI=1S/C26H24N4O2S.C25H21N5OS.C18H15N3OS.C7H8N2O.C2H6O.2CH4.H2/c1-16-9-10-20(29-26(33)28-15-24(31)18-7-5-4-6-8-18)13-21(16)22-12-19-14-27-17(2)11-23(19)30(3)25(22)32;1-15-9-10-19(27-25-29-28-23(32-25)17-7-5-4-6-8-17)13-20(15)21-12-18-14-26-16(2)11-22(18)30(3)24(21)31;1-11-4-5-14(20-10-23)8-15(11)16-7-13-9-19-12(2)6-17(13)21(3)18(16)22;8-9-7(10)6-4-2-1-3-5-6;1-2-3;;;/h4-14H,15H2,1-3H3,(H2,28,29,33);4-14H,1-3H3,(H,27,29);4-9H,1-3H3;1-5H,8H2,(H,9,10);3H,2H2,1H3;2*1H4;1H. The lowest BCUT2D eigenvalue weighted by molar-refractivity contribution is 0.0952. The number of hydrogen-bond donors (Lipinski definition) is 6. The molecule has 13 aromatic rings. The Morgan fingerprint density at radius 1 is 0.553 bits per heavy atom. The maximum atomic E-state index is 13.2. The lowest BCUT2D eigenvalue weighted by atomic mass is 9.99. The zero-order valence-corrected chi connectivity index (χ0v) is 59.7. The lowest BCUT2D eigenvalue weighted by Gasteiger charge is -2.14. The third-order valence-corrected chi connectivity index (χ3v) is 17.3. The number of carbonyl (C=O) groups excluding carboxylic acids is 2. The van der Waals surface area contributed by atoms with Gasteiger partial charge in [0.15, 0.2) is 10.9 Å². The number of amides is 1. The number of ketones is 1. The Hall–Kier alpha value is -11.7. The number of thiocarbonyl (C=S) groups is 2. The van der Waals surface area contributed by atoms with Gasteiger partial charge in [-0.1, -0.05) is 123 Å². The fourth-order valence-electron chi connectivity index (χ4n) is 10.8. The van der Waals surface area contributed by atoms with Crippen molar-refractivity contribution in [2.45, 2.75) is 63.3 Å². The maximum absolute atomic E-state index is 13.2. The number of carbonyl (C=O) groups is 2. The third-order valence-electron chi connectivity index (χ3n) is 16.1. The van der Waals surface area contributed by atoms with Crippen molar-refractivity contribution in [3.8, 4) is 44.0 Å². The Balaban J connectivity index is 0.000000225. The first kappa shape index (κ1) is 78.6. The van der Waals surface area contributed by atoms with Gasteiger partial charge in [0.1, 0.15) is 5.01 Å². The topological polar surface area (TPSA) is 271 Å². The number of aromatic nitrogens is 8. The fourth-order valence-corrected chi connectivity index (χ4v) is 11.9. The van der Waals surface area contributed by atoms with Crippen LogP contribution in [-0.4, -0.2) is 79.1 Å². The number of aryl methyl sites for hydroxylation is 9. The first-order valence-corrected chi connectivity index (χ1v) is 33.5. The predicted octanol–water partition coefficient (Wildman–Crippen LogP) is 15.6. The van der Waals surface area contributed by atoms with E-state index in [4.69, 9.17) is 23.2 Å². The number of anilines is 3. The van der Waals surface area contributed by atoms with Crippen LogP contribution in [0.5, 0.6) is 0 Å². The van der Waals surface area contributed by atoms with Crippen molar-refractivity contribution >= 4 is 113 Å². The number of pyridine rings is 6. The number of hydrazine groups is 1. The van der Waals surface area contributed by atoms with E-state index in [-0.39, 0.29) is 57.8 Å². The highest BCUT2D eigenvalue weighted by atomic mass is 32.1. The van der Waals surface area contributed by atoms with Gasteiger partial charge in [-0.25, -0.2) is 5.84 Å². The number of isothiocyanates is 1. The Bertz CT molecular complexity index is 5450. The maximum Gasteiger partial charge on any atom is 0.265 e. The number of aliphatic imine (C=N–C) groups is 1. The van der Waals surface area contributed by atoms with Crippen LogP contribution in [0.3, 0.4) is 0 Å². The van der Waals surface area contributed by atoms with Gasteiger partial charge in [0.05, 0.1) is 33.9 Å². The molecule has 0 bridgehead atoms. The summed E-state index contributed by atoms with van der Waals surface area (Å²) in [5, 5.41) is 32.5. The lowest BCUT2D eigenvalue weighted by Crippen LogP contribution is -2.33. The summed E-state index contributed by atoms with van der Waals surface area (Å²) in [5.74, 6) is 4.59. The molecule has 0 aliphatic heterocycles. The number of aliphatic hydroxyl groups is 1. The van der Waals surface area contributed by atoms with Crippen LogP contribution >= 0.6 is 35.8 Å². The van der Waals surface area contributed by atoms with E-state index in [0.717, 1.165) is 105 Å². The fraction of sp³-hybridized carbons (Fsp3) is 0.175. The average Bonchev–Trinajstić information content (AvgIpc) is 0.808.